The summed E-state index contributed by atoms with van der Waals surface area (Å²) in [4.78, 5) is 0. The number of nitrogens with one attached hydrogen (secondary N) is 1. The lowest BCUT2D eigenvalue weighted by atomic mass is 10.1. The van der Waals surface area contributed by atoms with Gasteiger partial charge >= 0.3 is 0 Å². The first kappa shape index (κ1) is 14.5. The van der Waals surface area contributed by atoms with Crippen LogP contribution >= 0.6 is 11.8 Å². The van der Waals surface area contributed by atoms with Gasteiger partial charge in [-0.15, -0.1) is 5.10 Å². The predicted molar refractivity (Wildman–Crippen MR) is 84.7 cm³/mol. The molecule has 0 spiro atoms. The zero-order chi connectivity index (χ0) is 14.5. The third-order valence-corrected chi connectivity index (χ3v) is 5.35. The van der Waals surface area contributed by atoms with Crippen LogP contribution in [0.5, 0.6) is 0 Å². The molecule has 21 heavy (non-hydrogen) atoms. The zero-order valence-corrected chi connectivity index (χ0v) is 13.1. The number of hydrogen-bond acceptors (Lipinski definition) is 5. The number of nitrogens with zero attached hydrogens (tertiary/aromatic N) is 4. The molecule has 1 aromatic carbocycles. The van der Waals surface area contributed by atoms with Gasteiger partial charge in [0.1, 0.15) is 0 Å². The van der Waals surface area contributed by atoms with Crippen molar-refractivity contribution in [1.29, 1.82) is 0 Å². The van der Waals surface area contributed by atoms with Gasteiger partial charge in [0.2, 0.25) is 5.16 Å². The minimum Gasteiger partial charge on any atom is -0.316 e. The number of rotatable bonds is 4. The van der Waals surface area contributed by atoms with E-state index in [0.29, 0.717) is 11.3 Å². The van der Waals surface area contributed by atoms with E-state index in [9.17, 15) is 0 Å². The Labute approximate surface area is 129 Å². The molecule has 0 amide bonds. The number of tetrazole rings is 1. The Morgan fingerprint density at radius 3 is 2.76 bits per heavy atom. The average molecular weight is 303 g/mol. The molecule has 5 nitrogen and oxygen atoms in total. The van der Waals surface area contributed by atoms with E-state index >= 15 is 0 Å². The van der Waals surface area contributed by atoms with Gasteiger partial charge in [0.25, 0.3) is 0 Å². The molecule has 1 heterocycles. The summed E-state index contributed by atoms with van der Waals surface area (Å²) in [6, 6.07) is 10.6. The SMILES string of the molecule is CNC1CCCCCC1Sc1nnnn1-c1ccccc1. The maximum atomic E-state index is 4.22. The van der Waals surface area contributed by atoms with Crippen LogP contribution in [-0.4, -0.2) is 38.5 Å². The summed E-state index contributed by atoms with van der Waals surface area (Å²) < 4.78 is 1.84. The molecule has 0 radical (unpaired) electrons. The number of thioether (sulfide) groups is 1. The van der Waals surface area contributed by atoms with Gasteiger partial charge in [0, 0.05) is 11.3 Å². The van der Waals surface area contributed by atoms with Crippen molar-refractivity contribution in [2.24, 2.45) is 0 Å². The van der Waals surface area contributed by atoms with Crippen LogP contribution in [0.1, 0.15) is 32.1 Å². The van der Waals surface area contributed by atoms with E-state index in [4.69, 9.17) is 0 Å². The van der Waals surface area contributed by atoms with Crippen molar-refractivity contribution in [3.8, 4) is 5.69 Å². The van der Waals surface area contributed by atoms with Crippen molar-refractivity contribution in [3.63, 3.8) is 0 Å². The third kappa shape index (κ3) is 3.44. The van der Waals surface area contributed by atoms with Gasteiger partial charge in [0.15, 0.2) is 0 Å². The molecule has 3 rings (SSSR count). The van der Waals surface area contributed by atoms with E-state index in [-0.39, 0.29) is 0 Å². The molecule has 112 valence electrons. The van der Waals surface area contributed by atoms with Crippen molar-refractivity contribution < 1.29 is 0 Å². The lowest BCUT2D eigenvalue weighted by Crippen LogP contribution is -2.34. The van der Waals surface area contributed by atoms with E-state index in [1.165, 1.54) is 32.1 Å². The van der Waals surface area contributed by atoms with Gasteiger partial charge < -0.3 is 5.32 Å². The summed E-state index contributed by atoms with van der Waals surface area (Å²) in [5.74, 6) is 0. The first-order valence-electron chi connectivity index (χ1n) is 7.56. The van der Waals surface area contributed by atoms with E-state index < -0.39 is 0 Å². The van der Waals surface area contributed by atoms with Gasteiger partial charge in [0.05, 0.1) is 5.69 Å². The van der Waals surface area contributed by atoms with Crippen molar-refractivity contribution in [2.45, 2.75) is 48.6 Å². The molecule has 2 unspecified atom stereocenters. The second-order valence-electron chi connectivity index (χ2n) is 5.40. The maximum Gasteiger partial charge on any atom is 0.214 e. The highest BCUT2D eigenvalue weighted by Crippen LogP contribution is 2.32. The van der Waals surface area contributed by atoms with Gasteiger partial charge in [-0.1, -0.05) is 49.2 Å². The molecular weight excluding hydrogens is 282 g/mol. The predicted octanol–water partition coefficient (Wildman–Crippen LogP) is 2.68. The van der Waals surface area contributed by atoms with Gasteiger partial charge in [-0.05, 0) is 42.4 Å². The number of para-hydroxylation sites is 1. The summed E-state index contributed by atoms with van der Waals surface area (Å²) in [6.07, 6.45) is 6.40. The van der Waals surface area contributed by atoms with Crippen LogP contribution in [0.3, 0.4) is 0 Å². The quantitative estimate of drug-likeness (QED) is 0.880. The van der Waals surface area contributed by atoms with E-state index in [1.807, 2.05) is 35.0 Å². The topological polar surface area (TPSA) is 55.6 Å². The van der Waals surface area contributed by atoms with Crippen LogP contribution in [-0.2, 0) is 0 Å². The molecule has 0 aliphatic heterocycles. The Bertz CT molecular complexity index is 556. The molecule has 1 fully saturated rings. The Morgan fingerprint density at radius 2 is 1.95 bits per heavy atom. The smallest absolute Gasteiger partial charge is 0.214 e. The van der Waals surface area contributed by atoms with E-state index in [2.05, 4.69) is 27.9 Å². The molecule has 0 saturated heterocycles. The monoisotopic (exact) mass is 303 g/mol. The lowest BCUT2D eigenvalue weighted by Gasteiger charge is -2.23. The fourth-order valence-electron chi connectivity index (χ4n) is 2.86. The minimum atomic E-state index is 0.533. The van der Waals surface area contributed by atoms with Crippen LogP contribution in [0.25, 0.3) is 5.69 Å². The van der Waals surface area contributed by atoms with Crippen LogP contribution in [0.4, 0.5) is 0 Å². The highest BCUT2D eigenvalue weighted by molar-refractivity contribution is 7.99. The third-order valence-electron chi connectivity index (χ3n) is 4.02. The molecule has 1 aromatic heterocycles. The molecule has 2 atom stereocenters. The van der Waals surface area contributed by atoms with Crippen LogP contribution in [0, 0.1) is 0 Å². The van der Waals surface area contributed by atoms with Gasteiger partial charge in [-0.3, -0.25) is 0 Å². The number of hydrogen-bond donors (Lipinski definition) is 1. The summed E-state index contributed by atoms with van der Waals surface area (Å²) >= 11 is 1.80. The second-order valence-corrected chi connectivity index (χ2v) is 6.60. The largest absolute Gasteiger partial charge is 0.316 e. The molecule has 1 aliphatic carbocycles. The summed E-state index contributed by atoms with van der Waals surface area (Å²) in [5.41, 5.74) is 1.01. The average Bonchev–Trinajstić information content (AvgIpc) is 2.87. The zero-order valence-electron chi connectivity index (χ0n) is 12.3. The first-order chi connectivity index (χ1) is 10.4. The molecular formula is C15H21N5S. The highest BCUT2D eigenvalue weighted by atomic mass is 32.2. The van der Waals surface area contributed by atoms with Crippen molar-refractivity contribution in [1.82, 2.24) is 25.5 Å². The normalized spacial score (nSPS) is 22.9. The van der Waals surface area contributed by atoms with Gasteiger partial charge in [-0.2, -0.15) is 4.68 Å². The van der Waals surface area contributed by atoms with Crippen LogP contribution < -0.4 is 5.32 Å². The fraction of sp³-hybridized carbons (Fsp3) is 0.533. The summed E-state index contributed by atoms with van der Waals surface area (Å²) in [7, 11) is 2.06. The molecule has 0 bridgehead atoms. The fourth-order valence-corrected chi connectivity index (χ4v) is 4.18. The maximum absolute atomic E-state index is 4.22. The Balaban J connectivity index is 1.80. The van der Waals surface area contributed by atoms with E-state index in [0.717, 1.165) is 10.8 Å². The molecule has 1 saturated carbocycles. The lowest BCUT2D eigenvalue weighted by molar-refractivity contribution is 0.509. The number of benzene rings is 1. The summed E-state index contributed by atoms with van der Waals surface area (Å²) in [5, 5.41) is 17.1. The van der Waals surface area contributed by atoms with Crippen molar-refractivity contribution >= 4 is 11.8 Å². The number of aromatic nitrogens is 4. The van der Waals surface area contributed by atoms with Crippen molar-refractivity contribution in [2.75, 3.05) is 7.05 Å². The van der Waals surface area contributed by atoms with Crippen LogP contribution in [0.2, 0.25) is 0 Å². The highest BCUT2D eigenvalue weighted by Gasteiger charge is 2.25. The molecule has 1 N–H and O–H groups in total. The van der Waals surface area contributed by atoms with Gasteiger partial charge in [-0.25, -0.2) is 0 Å². The Kier molecular flexibility index (Phi) is 4.87. The van der Waals surface area contributed by atoms with E-state index in [1.54, 1.807) is 11.8 Å². The van der Waals surface area contributed by atoms with Crippen molar-refractivity contribution in [3.05, 3.63) is 30.3 Å². The minimum absolute atomic E-state index is 0.533. The summed E-state index contributed by atoms with van der Waals surface area (Å²) in [6.45, 7) is 0. The Morgan fingerprint density at radius 1 is 1.14 bits per heavy atom. The standard InChI is InChI=1S/C15H21N5S/c1-16-13-10-6-3-7-11-14(13)21-15-17-18-19-20(15)12-8-4-2-5-9-12/h2,4-5,8-9,13-14,16H,3,6-7,10-11H2,1H3. The molecule has 1 aliphatic rings. The molecule has 6 heteroatoms. The second kappa shape index (κ2) is 7.04. The Hall–Kier alpha value is -1.40. The molecule has 2 aromatic rings. The van der Waals surface area contributed by atoms with Crippen LogP contribution in [0.15, 0.2) is 35.5 Å². The first-order valence-corrected chi connectivity index (χ1v) is 8.44.